The quantitative estimate of drug-likeness (QED) is 0.543. The molecule has 0 aliphatic heterocycles. The van der Waals surface area contributed by atoms with Crippen LogP contribution in [0.1, 0.15) is 11.4 Å². The lowest BCUT2D eigenvalue weighted by molar-refractivity contribution is 0.910. The van der Waals surface area contributed by atoms with E-state index in [9.17, 15) is 0 Å². The van der Waals surface area contributed by atoms with Crippen molar-refractivity contribution in [2.45, 2.75) is 13.3 Å². The van der Waals surface area contributed by atoms with E-state index in [4.69, 9.17) is 28.2 Å². The number of fused-ring (bicyclic) bond motifs is 1. The third-order valence-corrected chi connectivity index (χ3v) is 4.42. The molecular weight excluding hydrogens is 371 g/mol. The fraction of sp³-hybridized carbons (Fsp3) is 0.188. The van der Waals surface area contributed by atoms with Gasteiger partial charge in [0.2, 0.25) is 0 Å². The molecule has 0 aliphatic rings. The van der Waals surface area contributed by atoms with Gasteiger partial charge in [0.1, 0.15) is 5.82 Å². The van der Waals surface area contributed by atoms with Gasteiger partial charge in [-0.05, 0) is 36.8 Å². The summed E-state index contributed by atoms with van der Waals surface area (Å²) in [5.74, 6) is 1.45. The molecule has 21 heavy (non-hydrogen) atoms. The molecule has 0 saturated carbocycles. The van der Waals surface area contributed by atoms with Gasteiger partial charge in [-0.15, -0.1) is 11.6 Å². The van der Waals surface area contributed by atoms with Gasteiger partial charge in [0, 0.05) is 16.8 Å². The highest BCUT2D eigenvalue weighted by atomic mass is 79.9. The van der Waals surface area contributed by atoms with Crippen LogP contribution in [0.15, 0.2) is 40.9 Å². The highest BCUT2D eigenvalue weighted by molar-refractivity contribution is 9.10. The molecule has 0 spiro atoms. The minimum atomic E-state index is 0.522. The van der Waals surface area contributed by atoms with Crippen molar-refractivity contribution in [1.82, 2.24) is 9.55 Å². The lowest BCUT2D eigenvalue weighted by Crippen LogP contribution is -2.03. The van der Waals surface area contributed by atoms with Crippen LogP contribution in [0, 0.1) is 6.92 Å². The van der Waals surface area contributed by atoms with Gasteiger partial charge >= 0.3 is 0 Å². The van der Waals surface area contributed by atoms with Gasteiger partial charge < -0.3 is 0 Å². The summed E-state index contributed by atoms with van der Waals surface area (Å²) in [5, 5.41) is 0.691. The van der Waals surface area contributed by atoms with Crippen molar-refractivity contribution in [3.63, 3.8) is 0 Å². The number of alkyl halides is 1. The first-order valence-electron chi connectivity index (χ1n) is 6.60. The Morgan fingerprint density at radius 3 is 2.81 bits per heavy atom. The van der Waals surface area contributed by atoms with Gasteiger partial charge in [0.05, 0.1) is 21.7 Å². The van der Waals surface area contributed by atoms with Gasteiger partial charge in [-0.1, -0.05) is 39.7 Å². The van der Waals surface area contributed by atoms with Crippen LogP contribution in [-0.4, -0.2) is 15.4 Å². The maximum absolute atomic E-state index is 6.41. The first kappa shape index (κ1) is 14.9. The summed E-state index contributed by atoms with van der Waals surface area (Å²) in [7, 11) is 0. The second kappa shape index (κ2) is 5.99. The minimum absolute atomic E-state index is 0.522. The summed E-state index contributed by atoms with van der Waals surface area (Å²) in [4.78, 5) is 4.71. The maximum atomic E-state index is 6.41. The molecule has 3 rings (SSSR count). The van der Waals surface area contributed by atoms with Crippen molar-refractivity contribution in [1.29, 1.82) is 0 Å². The van der Waals surface area contributed by atoms with Crippen LogP contribution in [0.2, 0.25) is 5.02 Å². The average Bonchev–Trinajstić information content (AvgIpc) is 2.81. The summed E-state index contributed by atoms with van der Waals surface area (Å²) in [6.07, 6.45) is 0.693. The first-order valence-corrected chi connectivity index (χ1v) is 8.30. The standard InChI is InChI=1S/C16H13BrCl2N2/c1-10-3-2-4-13-16(10)21(15(20-13)7-8-18)14-9-11(17)5-6-12(14)19/h2-6,9H,7-8H2,1H3. The van der Waals surface area contributed by atoms with E-state index < -0.39 is 0 Å². The Balaban J connectivity index is 2.38. The molecule has 2 aromatic carbocycles. The molecule has 0 fully saturated rings. The summed E-state index contributed by atoms with van der Waals surface area (Å²) in [5.41, 5.74) is 4.13. The topological polar surface area (TPSA) is 17.8 Å². The van der Waals surface area contributed by atoms with Gasteiger partial charge in [-0.2, -0.15) is 0 Å². The van der Waals surface area contributed by atoms with E-state index in [1.54, 1.807) is 0 Å². The maximum Gasteiger partial charge on any atom is 0.115 e. The summed E-state index contributed by atoms with van der Waals surface area (Å²) < 4.78 is 3.09. The van der Waals surface area contributed by atoms with Crippen molar-refractivity contribution in [2.24, 2.45) is 0 Å². The van der Waals surface area contributed by atoms with Crippen LogP contribution >= 0.6 is 39.1 Å². The predicted octanol–water partition coefficient (Wildman–Crippen LogP) is 5.53. The van der Waals surface area contributed by atoms with Gasteiger partial charge in [0.15, 0.2) is 0 Å². The average molecular weight is 384 g/mol. The fourth-order valence-electron chi connectivity index (χ4n) is 2.51. The molecule has 1 aromatic heterocycles. The number of aromatic nitrogens is 2. The van der Waals surface area contributed by atoms with Crippen LogP contribution in [0.25, 0.3) is 16.7 Å². The van der Waals surface area contributed by atoms with Gasteiger partial charge in [-0.25, -0.2) is 4.98 Å². The zero-order valence-electron chi connectivity index (χ0n) is 11.4. The first-order chi connectivity index (χ1) is 10.1. The number of halogens is 3. The van der Waals surface area contributed by atoms with Crippen LogP contribution in [0.3, 0.4) is 0 Å². The molecule has 0 aliphatic carbocycles. The molecule has 0 N–H and O–H groups in total. The molecule has 5 heteroatoms. The Kier molecular flexibility index (Phi) is 4.25. The number of imidazole rings is 1. The Morgan fingerprint density at radius 2 is 2.05 bits per heavy atom. The number of para-hydroxylation sites is 1. The van der Waals surface area contributed by atoms with E-state index in [2.05, 4.69) is 33.5 Å². The van der Waals surface area contributed by atoms with Crippen LogP contribution in [0.4, 0.5) is 0 Å². The predicted molar refractivity (Wildman–Crippen MR) is 92.9 cm³/mol. The molecular formula is C16H13BrCl2N2. The van der Waals surface area contributed by atoms with E-state index in [1.807, 2.05) is 30.3 Å². The van der Waals surface area contributed by atoms with Gasteiger partial charge in [0.25, 0.3) is 0 Å². The van der Waals surface area contributed by atoms with Crippen molar-refractivity contribution in [3.05, 3.63) is 57.3 Å². The monoisotopic (exact) mass is 382 g/mol. The number of benzene rings is 2. The fourth-order valence-corrected chi connectivity index (χ4v) is 3.23. The molecule has 0 bridgehead atoms. The van der Waals surface area contributed by atoms with Crippen molar-refractivity contribution < 1.29 is 0 Å². The molecule has 0 atom stereocenters. The highest BCUT2D eigenvalue weighted by Gasteiger charge is 2.16. The normalized spacial score (nSPS) is 11.2. The van der Waals surface area contributed by atoms with Crippen molar-refractivity contribution in [3.8, 4) is 5.69 Å². The van der Waals surface area contributed by atoms with Crippen LogP contribution < -0.4 is 0 Å². The Labute approximate surface area is 141 Å². The number of aryl methyl sites for hydroxylation is 2. The molecule has 108 valence electrons. The second-order valence-corrected chi connectivity index (χ2v) is 6.54. The zero-order valence-corrected chi connectivity index (χ0v) is 14.5. The Bertz CT molecular complexity index is 811. The lowest BCUT2D eigenvalue weighted by Gasteiger charge is -2.12. The molecule has 0 amide bonds. The SMILES string of the molecule is Cc1cccc2nc(CCCl)n(-c3cc(Br)ccc3Cl)c12. The lowest BCUT2D eigenvalue weighted by atomic mass is 10.2. The van der Waals surface area contributed by atoms with E-state index >= 15 is 0 Å². The largest absolute Gasteiger partial charge is 0.294 e. The highest BCUT2D eigenvalue weighted by Crippen LogP contribution is 2.31. The number of hydrogen-bond donors (Lipinski definition) is 0. The summed E-state index contributed by atoms with van der Waals surface area (Å²) in [6, 6.07) is 11.9. The van der Waals surface area contributed by atoms with E-state index in [0.29, 0.717) is 17.3 Å². The molecule has 0 unspecified atom stereocenters. The van der Waals surface area contributed by atoms with E-state index in [-0.39, 0.29) is 0 Å². The summed E-state index contributed by atoms with van der Waals surface area (Å²) in [6.45, 7) is 2.08. The van der Waals surface area contributed by atoms with Crippen molar-refractivity contribution in [2.75, 3.05) is 5.88 Å². The van der Waals surface area contributed by atoms with E-state index in [1.165, 1.54) is 0 Å². The second-order valence-electron chi connectivity index (χ2n) is 4.84. The molecule has 3 aromatic rings. The zero-order chi connectivity index (χ0) is 15.0. The van der Waals surface area contributed by atoms with Gasteiger partial charge in [-0.3, -0.25) is 4.57 Å². The smallest absolute Gasteiger partial charge is 0.115 e. The number of rotatable bonds is 3. The van der Waals surface area contributed by atoms with Crippen LogP contribution in [0.5, 0.6) is 0 Å². The molecule has 0 radical (unpaired) electrons. The third-order valence-electron chi connectivity index (χ3n) is 3.41. The Hall–Kier alpha value is -1.03. The van der Waals surface area contributed by atoms with Crippen molar-refractivity contribution >= 4 is 50.2 Å². The Morgan fingerprint density at radius 1 is 1.24 bits per heavy atom. The number of nitrogens with zero attached hydrogens (tertiary/aromatic N) is 2. The molecule has 1 heterocycles. The van der Waals surface area contributed by atoms with E-state index in [0.717, 1.165) is 32.6 Å². The van der Waals surface area contributed by atoms with Crippen LogP contribution in [-0.2, 0) is 6.42 Å². The minimum Gasteiger partial charge on any atom is -0.294 e. The summed E-state index contributed by atoms with van der Waals surface area (Å²) >= 11 is 15.9. The third kappa shape index (κ3) is 2.70. The molecule has 0 saturated heterocycles. The molecule has 2 nitrogen and oxygen atoms in total. The number of hydrogen-bond acceptors (Lipinski definition) is 1.